The maximum Gasteiger partial charge on any atom is 0.263 e. The summed E-state index contributed by atoms with van der Waals surface area (Å²) in [5.74, 6) is 0. The SMILES string of the molecule is CCC(C)(C#N)C(O)c1cccc(C(F)F)c1. The van der Waals surface area contributed by atoms with Crippen molar-refractivity contribution in [3.05, 3.63) is 35.4 Å². The van der Waals surface area contributed by atoms with Gasteiger partial charge in [-0.15, -0.1) is 0 Å². The van der Waals surface area contributed by atoms with Crippen LogP contribution < -0.4 is 0 Å². The Kier molecular flexibility index (Phi) is 4.19. The van der Waals surface area contributed by atoms with E-state index in [1.165, 1.54) is 18.2 Å². The van der Waals surface area contributed by atoms with Crippen molar-refractivity contribution >= 4 is 0 Å². The Balaban J connectivity index is 3.09. The van der Waals surface area contributed by atoms with Gasteiger partial charge in [-0.2, -0.15) is 5.26 Å². The van der Waals surface area contributed by atoms with Crippen LogP contribution in [0.15, 0.2) is 24.3 Å². The first kappa shape index (κ1) is 13.6. The summed E-state index contributed by atoms with van der Waals surface area (Å²) in [4.78, 5) is 0. The molecular formula is C13H15F2NO. The molecule has 0 aromatic heterocycles. The van der Waals surface area contributed by atoms with E-state index >= 15 is 0 Å². The van der Waals surface area contributed by atoms with Crippen LogP contribution in [0.25, 0.3) is 0 Å². The van der Waals surface area contributed by atoms with Gasteiger partial charge in [-0.25, -0.2) is 8.78 Å². The zero-order valence-electron chi connectivity index (χ0n) is 9.82. The molecule has 1 N–H and O–H groups in total. The van der Waals surface area contributed by atoms with E-state index < -0.39 is 17.9 Å². The number of rotatable bonds is 4. The number of nitrogens with zero attached hydrogens (tertiary/aromatic N) is 1. The summed E-state index contributed by atoms with van der Waals surface area (Å²) in [7, 11) is 0. The molecule has 92 valence electrons. The molecule has 1 aromatic carbocycles. The van der Waals surface area contributed by atoms with E-state index in [0.29, 0.717) is 12.0 Å². The fourth-order valence-corrected chi connectivity index (χ4v) is 1.57. The summed E-state index contributed by atoms with van der Waals surface area (Å²) >= 11 is 0. The second-order valence-electron chi connectivity index (χ2n) is 4.26. The van der Waals surface area contributed by atoms with Gasteiger partial charge in [0.25, 0.3) is 6.43 Å². The minimum absolute atomic E-state index is 0.141. The van der Waals surface area contributed by atoms with Gasteiger partial charge in [-0.05, 0) is 25.0 Å². The average molecular weight is 239 g/mol. The van der Waals surface area contributed by atoms with Crippen LogP contribution in [-0.2, 0) is 0 Å². The van der Waals surface area contributed by atoms with E-state index in [1.54, 1.807) is 19.9 Å². The van der Waals surface area contributed by atoms with Gasteiger partial charge in [0.2, 0.25) is 0 Å². The van der Waals surface area contributed by atoms with Gasteiger partial charge in [0.15, 0.2) is 0 Å². The minimum Gasteiger partial charge on any atom is -0.387 e. The lowest BCUT2D eigenvalue weighted by atomic mass is 9.79. The molecule has 0 radical (unpaired) electrons. The van der Waals surface area contributed by atoms with Gasteiger partial charge in [0.05, 0.1) is 17.6 Å². The zero-order valence-corrected chi connectivity index (χ0v) is 9.82. The zero-order chi connectivity index (χ0) is 13.1. The average Bonchev–Trinajstić information content (AvgIpc) is 2.37. The number of nitriles is 1. The van der Waals surface area contributed by atoms with Crippen molar-refractivity contribution < 1.29 is 13.9 Å². The highest BCUT2D eigenvalue weighted by atomic mass is 19.3. The molecule has 0 aliphatic heterocycles. The molecule has 0 saturated carbocycles. The smallest absolute Gasteiger partial charge is 0.263 e. The minimum atomic E-state index is -2.57. The van der Waals surface area contributed by atoms with Gasteiger partial charge >= 0.3 is 0 Å². The maximum absolute atomic E-state index is 12.5. The maximum atomic E-state index is 12.5. The largest absolute Gasteiger partial charge is 0.387 e. The first-order valence-electron chi connectivity index (χ1n) is 5.42. The Morgan fingerprint density at radius 3 is 2.47 bits per heavy atom. The topological polar surface area (TPSA) is 44.0 Å². The van der Waals surface area contributed by atoms with Gasteiger partial charge in [0.1, 0.15) is 0 Å². The van der Waals surface area contributed by atoms with Gasteiger partial charge < -0.3 is 5.11 Å². The number of aliphatic hydroxyl groups is 1. The molecule has 0 aliphatic rings. The highest BCUT2D eigenvalue weighted by Gasteiger charge is 2.32. The number of benzene rings is 1. The van der Waals surface area contributed by atoms with Crippen LogP contribution in [0.4, 0.5) is 8.78 Å². The van der Waals surface area contributed by atoms with Crippen molar-refractivity contribution in [1.29, 1.82) is 5.26 Å². The standard InChI is InChI=1S/C13H15F2NO/c1-3-13(2,8-16)11(17)9-5-4-6-10(7-9)12(14)15/h4-7,11-12,17H,3H2,1-2H3. The molecule has 0 amide bonds. The molecule has 2 unspecified atom stereocenters. The van der Waals surface area contributed by atoms with Crippen LogP contribution in [0.1, 0.15) is 43.9 Å². The second-order valence-corrected chi connectivity index (χ2v) is 4.26. The van der Waals surface area contributed by atoms with Crippen LogP contribution in [0.5, 0.6) is 0 Å². The molecule has 0 bridgehead atoms. The normalized spacial score (nSPS) is 16.3. The molecule has 1 rings (SSSR count). The second kappa shape index (κ2) is 5.24. The van der Waals surface area contributed by atoms with Crippen molar-refractivity contribution in [1.82, 2.24) is 0 Å². The molecule has 0 saturated heterocycles. The summed E-state index contributed by atoms with van der Waals surface area (Å²) in [5.41, 5.74) is -0.743. The quantitative estimate of drug-likeness (QED) is 0.872. The third kappa shape index (κ3) is 2.80. The number of alkyl halides is 2. The summed E-state index contributed by atoms with van der Waals surface area (Å²) < 4.78 is 25.0. The molecule has 17 heavy (non-hydrogen) atoms. The molecule has 4 heteroatoms. The van der Waals surface area contributed by atoms with Crippen molar-refractivity contribution in [3.8, 4) is 6.07 Å². The number of halogens is 2. The van der Waals surface area contributed by atoms with E-state index in [1.807, 2.05) is 6.07 Å². The summed E-state index contributed by atoms with van der Waals surface area (Å²) in [5, 5.41) is 19.1. The van der Waals surface area contributed by atoms with Gasteiger partial charge in [-0.3, -0.25) is 0 Å². The summed E-state index contributed by atoms with van der Waals surface area (Å²) in [6.07, 6.45) is -3.18. The Bertz CT molecular complexity index is 428. The van der Waals surface area contributed by atoms with Crippen LogP contribution in [0.3, 0.4) is 0 Å². The van der Waals surface area contributed by atoms with Gasteiger partial charge in [-0.1, -0.05) is 25.1 Å². The third-order valence-corrected chi connectivity index (χ3v) is 3.07. The van der Waals surface area contributed by atoms with Crippen LogP contribution in [0.2, 0.25) is 0 Å². The fraction of sp³-hybridized carbons (Fsp3) is 0.462. The summed E-state index contributed by atoms with van der Waals surface area (Å²) in [6.45, 7) is 3.40. The van der Waals surface area contributed by atoms with Crippen molar-refractivity contribution in [3.63, 3.8) is 0 Å². The van der Waals surface area contributed by atoms with Crippen LogP contribution in [0, 0.1) is 16.7 Å². The highest BCUT2D eigenvalue weighted by molar-refractivity contribution is 5.28. The predicted octanol–water partition coefficient (Wildman–Crippen LogP) is 3.60. The van der Waals surface area contributed by atoms with Crippen LogP contribution >= 0.6 is 0 Å². The molecule has 0 spiro atoms. The lowest BCUT2D eigenvalue weighted by Crippen LogP contribution is -2.23. The van der Waals surface area contributed by atoms with E-state index in [2.05, 4.69) is 0 Å². The predicted molar refractivity (Wildman–Crippen MR) is 60.4 cm³/mol. The lowest BCUT2D eigenvalue weighted by molar-refractivity contribution is 0.0717. The number of hydrogen-bond donors (Lipinski definition) is 1. The van der Waals surface area contributed by atoms with Crippen LogP contribution in [-0.4, -0.2) is 5.11 Å². The number of aliphatic hydroxyl groups excluding tert-OH is 1. The highest BCUT2D eigenvalue weighted by Crippen LogP contribution is 2.36. The van der Waals surface area contributed by atoms with Gasteiger partial charge in [0, 0.05) is 5.56 Å². The Labute approximate surface area is 99.5 Å². The Morgan fingerprint density at radius 1 is 1.41 bits per heavy atom. The molecule has 2 nitrogen and oxygen atoms in total. The fourth-order valence-electron chi connectivity index (χ4n) is 1.57. The van der Waals surface area contributed by atoms with Crippen molar-refractivity contribution in [2.24, 2.45) is 5.41 Å². The molecule has 2 atom stereocenters. The molecule has 0 fully saturated rings. The number of hydrogen-bond acceptors (Lipinski definition) is 2. The Hall–Kier alpha value is -1.47. The first-order valence-corrected chi connectivity index (χ1v) is 5.42. The molecule has 0 aliphatic carbocycles. The van der Waals surface area contributed by atoms with Crippen molar-refractivity contribution in [2.45, 2.75) is 32.8 Å². The van der Waals surface area contributed by atoms with E-state index in [0.717, 1.165) is 0 Å². The lowest BCUT2D eigenvalue weighted by Gasteiger charge is -2.26. The monoisotopic (exact) mass is 239 g/mol. The first-order chi connectivity index (χ1) is 7.94. The molecule has 1 aromatic rings. The summed E-state index contributed by atoms with van der Waals surface area (Å²) in [6, 6.07) is 7.61. The van der Waals surface area contributed by atoms with E-state index in [4.69, 9.17) is 5.26 Å². The Morgan fingerprint density at radius 2 is 2.00 bits per heavy atom. The van der Waals surface area contributed by atoms with E-state index in [9.17, 15) is 13.9 Å². The third-order valence-electron chi connectivity index (χ3n) is 3.07. The molecular weight excluding hydrogens is 224 g/mol. The van der Waals surface area contributed by atoms with E-state index in [-0.39, 0.29) is 5.56 Å². The molecule has 0 heterocycles. The van der Waals surface area contributed by atoms with Crippen molar-refractivity contribution in [2.75, 3.05) is 0 Å².